The maximum absolute atomic E-state index is 13.1. The van der Waals surface area contributed by atoms with Gasteiger partial charge in [0.25, 0.3) is 0 Å². The largest absolute Gasteiger partial charge is 0.324 e. The van der Waals surface area contributed by atoms with Crippen molar-refractivity contribution in [3.05, 3.63) is 118 Å². The number of benzene rings is 4. The Balaban J connectivity index is 1.54. The lowest BCUT2D eigenvalue weighted by Crippen LogP contribution is -2.05. The lowest BCUT2D eigenvalue weighted by atomic mass is 9.99. The van der Waals surface area contributed by atoms with E-state index in [4.69, 9.17) is 9.97 Å². The zero-order chi connectivity index (χ0) is 22.8. The molecule has 0 atom stereocenters. The number of ketones is 1. The van der Waals surface area contributed by atoms with Gasteiger partial charge in [-0.25, -0.2) is 9.97 Å². The molecule has 1 N–H and O–H groups in total. The van der Waals surface area contributed by atoms with E-state index in [1.54, 1.807) is 0 Å². The van der Waals surface area contributed by atoms with Gasteiger partial charge in [-0.1, -0.05) is 82.7 Å². The summed E-state index contributed by atoms with van der Waals surface area (Å²) in [6.07, 6.45) is 0. The van der Waals surface area contributed by atoms with E-state index in [1.165, 1.54) is 0 Å². The Hall–Kier alpha value is -3.83. The molecule has 5 heteroatoms. The van der Waals surface area contributed by atoms with Gasteiger partial charge in [-0.2, -0.15) is 0 Å². The highest BCUT2D eigenvalue weighted by Gasteiger charge is 2.14. The molecule has 0 radical (unpaired) electrons. The lowest BCUT2D eigenvalue weighted by molar-refractivity contribution is 0.103. The quantitative estimate of drug-likeness (QED) is 0.260. The molecule has 5 rings (SSSR count). The minimum Gasteiger partial charge on any atom is -0.324 e. The Morgan fingerprint density at radius 2 is 1.61 bits per heavy atom. The molecule has 4 nitrogen and oxygen atoms in total. The number of aryl methyl sites for hydroxylation is 1. The van der Waals surface area contributed by atoms with Crippen LogP contribution in [0.3, 0.4) is 0 Å². The molecule has 1 heterocycles. The molecule has 1 aromatic heterocycles. The van der Waals surface area contributed by atoms with E-state index in [-0.39, 0.29) is 5.78 Å². The smallest absolute Gasteiger partial charge is 0.228 e. The number of aromatic nitrogens is 2. The first-order valence-electron chi connectivity index (χ1n) is 10.6. The van der Waals surface area contributed by atoms with Gasteiger partial charge in [-0.05, 0) is 42.8 Å². The molecule has 0 aliphatic rings. The Morgan fingerprint density at radius 1 is 0.818 bits per heavy atom. The summed E-state index contributed by atoms with van der Waals surface area (Å²) < 4.78 is 0.971. The van der Waals surface area contributed by atoms with Crippen LogP contribution in [0, 0.1) is 6.92 Å². The predicted molar refractivity (Wildman–Crippen MR) is 137 cm³/mol. The number of hydrogen-bond donors (Lipinski definition) is 1. The molecule has 0 unspecified atom stereocenters. The highest BCUT2D eigenvalue weighted by molar-refractivity contribution is 9.10. The topological polar surface area (TPSA) is 54.9 Å². The van der Waals surface area contributed by atoms with Crippen LogP contribution in [0.2, 0.25) is 0 Å². The van der Waals surface area contributed by atoms with Crippen LogP contribution >= 0.6 is 15.9 Å². The van der Waals surface area contributed by atoms with E-state index in [2.05, 4.69) is 21.2 Å². The Labute approximate surface area is 200 Å². The van der Waals surface area contributed by atoms with Crippen molar-refractivity contribution in [1.29, 1.82) is 0 Å². The fourth-order valence-electron chi connectivity index (χ4n) is 3.82. The van der Waals surface area contributed by atoms with E-state index in [0.717, 1.165) is 37.9 Å². The molecule has 0 aliphatic carbocycles. The standard InChI is InChI=1S/C28H20BrN3O/c1-18-8-5-6-13-23(18)27(33)20-11-7-12-22(16-20)30-28-31-25-15-14-21(29)17-24(25)26(32-28)19-9-3-2-4-10-19/h2-17H,1H3,(H,30,31,32). The molecule has 4 aromatic carbocycles. The van der Waals surface area contributed by atoms with Gasteiger partial charge < -0.3 is 5.32 Å². The van der Waals surface area contributed by atoms with Crippen molar-refractivity contribution in [1.82, 2.24) is 9.97 Å². The SMILES string of the molecule is Cc1ccccc1C(=O)c1cccc(Nc2nc(-c3ccccc3)c3cc(Br)ccc3n2)c1. The molecule has 0 saturated carbocycles. The van der Waals surface area contributed by atoms with Crippen molar-refractivity contribution < 1.29 is 4.79 Å². The number of anilines is 2. The second kappa shape index (κ2) is 8.96. The second-order valence-corrected chi connectivity index (χ2v) is 8.69. The van der Waals surface area contributed by atoms with Gasteiger partial charge in [0, 0.05) is 32.2 Å². The molecule has 0 bridgehead atoms. The molecular formula is C28H20BrN3O. The maximum atomic E-state index is 13.1. The van der Waals surface area contributed by atoms with Gasteiger partial charge >= 0.3 is 0 Å². The van der Waals surface area contributed by atoms with Crippen LogP contribution in [-0.4, -0.2) is 15.8 Å². The van der Waals surface area contributed by atoms with Crippen molar-refractivity contribution in [2.24, 2.45) is 0 Å². The first-order valence-corrected chi connectivity index (χ1v) is 11.4. The van der Waals surface area contributed by atoms with Crippen molar-refractivity contribution in [2.45, 2.75) is 6.92 Å². The van der Waals surface area contributed by atoms with Gasteiger partial charge in [0.05, 0.1) is 11.2 Å². The van der Waals surface area contributed by atoms with Gasteiger partial charge in [0.2, 0.25) is 5.95 Å². The van der Waals surface area contributed by atoms with Crippen LogP contribution in [0.25, 0.3) is 22.2 Å². The molecular weight excluding hydrogens is 474 g/mol. The molecule has 0 aliphatic heterocycles. The lowest BCUT2D eigenvalue weighted by Gasteiger charge is -2.12. The third-order valence-corrected chi connectivity index (χ3v) is 5.97. The van der Waals surface area contributed by atoms with Crippen molar-refractivity contribution in [2.75, 3.05) is 5.32 Å². The first-order chi connectivity index (χ1) is 16.1. The normalized spacial score (nSPS) is 10.8. The monoisotopic (exact) mass is 493 g/mol. The van der Waals surface area contributed by atoms with Gasteiger partial charge in [-0.3, -0.25) is 4.79 Å². The zero-order valence-electron chi connectivity index (χ0n) is 17.9. The predicted octanol–water partition coefficient (Wildman–Crippen LogP) is 7.34. The van der Waals surface area contributed by atoms with Crippen LogP contribution in [0.15, 0.2) is 102 Å². The average molecular weight is 494 g/mol. The van der Waals surface area contributed by atoms with E-state index >= 15 is 0 Å². The van der Waals surface area contributed by atoms with E-state index in [1.807, 2.05) is 104 Å². The fraction of sp³-hybridized carbons (Fsp3) is 0.0357. The summed E-state index contributed by atoms with van der Waals surface area (Å²) in [6.45, 7) is 1.95. The van der Waals surface area contributed by atoms with Crippen LogP contribution in [-0.2, 0) is 0 Å². The van der Waals surface area contributed by atoms with Gasteiger partial charge in [0.15, 0.2) is 5.78 Å². The van der Waals surface area contributed by atoms with Crippen LogP contribution in [0.4, 0.5) is 11.6 Å². The summed E-state index contributed by atoms with van der Waals surface area (Å²) in [5, 5.41) is 4.26. The Kier molecular flexibility index (Phi) is 5.71. The number of nitrogens with zero attached hydrogens (tertiary/aromatic N) is 2. The molecule has 160 valence electrons. The first kappa shape index (κ1) is 21.0. The highest BCUT2D eigenvalue weighted by atomic mass is 79.9. The molecule has 0 saturated heterocycles. The van der Waals surface area contributed by atoms with E-state index in [9.17, 15) is 4.79 Å². The summed E-state index contributed by atoms with van der Waals surface area (Å²) in [5.41, 5.74) is 5.71. The van der Waals surface area contributed by atoms with Gasteiger partial charge in [0.1, 0.15) is 0 Å². The van der Waals surface area contributed by atoms with Crippen LogP contribution < -0.4 is 5.32 Å². The zero-order valence-corrected chi connectivity index (χ0v) is 19.5. The highest BCUT2D eigenvalue weighted by Crippen LogP contribution is 2.30. The third-order valence-electron chi connectivity index (χ3n) is 5.48. The number of hydrogen-bond acceptors (Lipinski definition) is 4. The summed E-state index contributed by atoms with van der Waals surface area (Å²) >= 11 is 3.55. The number of fused-ring (bicyclic) bond motifs is 1. The number of rotatable bonds is 5. The Morgan fingerprint density at radius 3 is 2.42 bits per heavy atom. The molecule has 0 spiro atoms. The molecule has 33 heavy (non-hydrogen) atoms. The van der Waals surface area contributed by atoms with Gasteiger partial charge in [-0.15, -0.1) is 0 Å². The van der Waals surface area contributed by atoms with Crippen molar-refractivity contribution in [3.8, 4) is 11.3 Å². The van der Waals surface area contributed by atoms with Crippen LogP contribution in [0.5, 0.6) is 0 Å². The number of nitrogens with one attached hydrogen (secondary N) is 1. The number of carbonyl (C=O) groups is 1. The minimum absolute atomic E-state index is 0.00833. The molecule has 0 fully saturated rings. The summed E-state index contributed by atoms with van der Waals surface area (Å²) in [5.74, 6) is 0.468. The third kappa shape index (κ3) is 4.41. The summed E-state index contributed by atoms with van der Waals surface area (Å²) in [6, 6.07) is 31.1. The van der Waals surface area contributed by atoms with Crippen molar-refractivity contribution in [3.63, 3.8) is 0 Å². The fourth-order valence-corrected chi connectivity index (χ4v) is 4.18. The van der Waals surface area contributed by atoms with Crippen molar-refractivity contribution >= 4 is 44.3 Å². The summed E-state index contributed by atoms with van der Waals surface area (Å²) in [4.78, 5) is 22.6. The number of halogens is 1. The number of carbonyl (C=O) groups excluding carboxylic acids is 1. The average Bonchev–Trinajstić information content (AvgIpc) is 2.84. The molecule has 0 amide bonds. The van der Waals surface area contributed by atoms with E-state index in [0.29, 0.717) is 17.1 Å². The second-order valence-electron chi connectivity index (χ2n) is 7.77. The van der Waals surface area contributed by atoms with Crippen LogP contribution in [0.1, 0.15) is 21.5 Å². The minimum atomic E-state index is -0.00833. The maximum Gasteiger partial charge on any atom is 0.228 e. The van der Waals surface area contributed by atoms with E-state index < -0.39 is 0 Å². The summed E-state index contributed by atoms with van der Waals surface area (Å²) in [7, 11) is 0. The molecule has 5 aromatic rings. The Bertz CT molecular complexity index is 1480.